The standard InChI is InChI=1S/C18H12N4/c1-11-16-18(20-10-19-11)22-15-9-5-4-7-13(15)12-6-2-3-8-14(12)17(22)21-16/h2-10H,1H3. The molecule has 0 radical (unpaired) electrons. The van der Waals surface area contributed by atoms with E-state index >= 15 is 0 Å². The van der Waals surface area contributed by atoms with E-state index in [-0.39, 0.29) is 0 Å². The summed E-state index contributed by atoms with van der Waals surface area (Å²) in [5, 5.41) is 3.56. The first kappa shape index (κ1) is 11.6. The van der Waals surface area contributed by atoms with E-state index in [0.717, 1.165) is 33.4 Å². The molecule has 5 rings (SSSR count). The Morgan fingerprint density at radius 1 is 0.773 bits per heavy atom. The Morgan fingerprint density at radius 3 is 2.36 bits per heavy atom. The lowest BCUT2D eigenvalue weighted by Gasteiger charge is -2.07. The van der Waals surface area contributed by atoms with Crippen molar-refractivity contribution in [3.8, 4) is 0 Å². The van der Waals surface area contributed by atoms with Gasteiger partial charge in [0.25, 0.3) is 0 Å². The van der Waals surface area contributed by atoms with Gasteiger partial charge >= 0.3 is 0 Å². The number of nitrogens with zero attached hydrogens (tertiary/aromatic N) is 4. The molecular weight excluding hydrogens is 272 g/mol. The Hall–Kier alpha value is -3.01. The van der Waals surface area contributed by atoms with Gasteiger partial charge in [-0.1, -0.05) is 42.5 Å². The molecule has 0 bridgehead atoms. The number of rotatable bonds is 0. The van der Waals surface area contributed by atoms with Gasteiger partial charge in [0, 0.05) is 10.8 Å². The first-order valence-electron chi connectivity index (χ1n) is 7.24. The van der Waals surface area contributed by atoms with Gasteiger partial charge in [0.05, 0.1) is 11.2 Å². The minimum atomic E-state index is 0.865. The molecular formula is C18H12N4. The van der Waals surface area contributed by atoms with Crippen LogP contribution in [-0.2, 0) is 0 Å². The fourth-order valence-electron chi connectivity index (χ4n) is 3.22. The van der Waals surface area contributed by atoms with Crippen LogP contribution in [0.25, 0.3) is 38.5 Å². The third-order valence-corrected chi connectivity index (χ3v) is 4.23. The van der Waals surface area contributed by atoms with Crippen molar-refractivity contribution in [2.24, 2.45) is 0 Å². The predicted molar refractivity (Wildman–Crippen MR) is 88.0 cm³/mol. The minimum Gasteiger partial charge on any atom is -0.276 e. The van der Waals surface area contributed by atoms with Crippen LogP contribution < -0.4 is 0 Å². The third-order valence-electron chi connectivity index (χ3n) is 4.23. The Bertz CT molecular complexity index is 1190. The number of imidazole rings is 1. The van der Waals surface area contributed by atoms with Crippen LogP contribution >= 0.6 is 0 Å². The second-order valence-electron chi connectivity index (χ2n) is 5.46. The van der Waals surface area contributed by atoms with E-state index in [0.29, 0.717) is 0 Å². The Morgan fingerprint density at radius 2 is 1.50 bits per heavy atom. The van der Waals surface area contributed by atoms with E-state index in [1.54, 1.807) is 6.33 Å². The first-order valence-corrected chi connectivity index (χ1v) is 7.24. The molecule has 5 aromatic rings. The normalized spacial score (nSPS) is 11.9. The maximum Gasteiger partial charge on any atom is 0.168 e. The van der Waals surface area contributed by atoms with Gasteiger partial charge in [0.1, 0.15) is 17.5 Å². The molecule has 0 amide bonds. The molecule has 0 aliphatic heterocycles. The van der Waals surface area contributed by atoms with Crippen molar-refractivity contribution in [2.45, 2.75) is 6.92 Å². The molecule has 22 heavy (non-hydrogen) atoms. The molecule has 0 aliphatic carbocycles. The van der Waals surface area contributed by atoms with Gasteiger partial charge in [-0.2, -0.15) is 0 Å². The highest BCUT2D eigenvalue weighted by atomic mass is 15.1. The fourth-order valence-corrected chi connectivity index (χ4v) is 3.22. The monoisotopic (exact) mass is 284 g/mol. The lowest BCUT2D eigenvalue weighted by molar-refractivity contribution is 1.12. The molecule has 2 aromatic carbocycles. The average molecular weight is 284 g/mol. The van der Waals surface area contributed by atoms with E-state index in [2.05, 4.69) is 62.9 Å². The highest BCUT2D eigenvalue weighted by Gasteiger charge is 2.14. The lowest BCUT2D eigenvalue weighted by atomic mass is 10.1. The van der Waals surface area contributed by atoms with Crippen LogP contribution in [0, 0.1) is 6.92 Å². The zero-order valence-electron chi connectivity index (χ0n) is 12.0. The number of benzene rings is 2. The lowest BCUT2D eigenvalue weighted by Crippen LogP contribution is -1.93. The van der Waals surface area contributed by atoms with Crippen molar-refractivity contribution in [3.63, 3.8) is 0 Å². The molecule has 0 spiro atoms. The first-order chi connectivity index (χ1) is 10.8. The third kappa shape index (κ3) is 1.34. The predicted octanol–water partition coefficient (Wildman–Crippen LogP) is 3.89. The molecule has 3 heterocycles. The number of pyridine rings is 1. The summed E-state index contributed by atoms with van der Waals surface area (Å²) in [6.45, 7) is 1.97. The topological polar surface area (TPSA) is 43.1 Å². The summed E-state index contributed by atoms with van der Waals surface area (Å²) < 4.78 is 2.14. The molecule has 0 fully saturated rings. The highest BCUT2D eigenvalue weighted by molar-refractivity contribution is 6.13. The van der Waals surface area contributed by atoms with Gasteiger partial charge in [0.2, 0.25) is 0 Å². The van der Waals surface area contributed by atoms with Crippen molar-refractivity contribution >= 4 is 38.5 Å². The van der Waals surface area contributed by atoms with Crippen LogP contribution in [0.15, 0.2) is 54.9 Å². The Balaban J connectivity index is 2.24. The van der Waals surface area contributed by atoms with Gasteiger partial charge in [-0.3, -0.25) is 4.40 Å². The Labute approximate surface area is 126 Å². The Kier molecular flexibility index (Phi) is 2.12. The SMILES string of the molecule is Cc1ncnc2c1nc1c3ccccc3c3ccccc3n21. The van der Waals surface area contributed by atoms with Crippen LogP contribution in [0.2, 0.25) is 0 Å². The smallest absolute Gasteiger partial charge is 0.168 e. The van der Waals surface area contributed by atoms with E-state index in [1.807, 2.05) is 6.92 Å². The van der Waals surface area contributed by atoms with Crippen LogP contribution in [0.1, 0.15) is 5.69 Å². The molecule has 0 unspecified atom stereocenters. The van der Waals surface area contributed by atoms with Crippen LogP contribution in [0.3, 0.4) is 0 Å². The van der Waals surface area contributed by atoms with E-state index in [9.17, 15) is 0 Å². The number of fused-ring (bicyclic) bond motifs is 8. The van der Waals surface area contributed by atoms with E-state index < -0.39 is 0 Å². The molecule has 0 N–H and O–H groups in total. The van der Waals surface area contributed by atoms with Gasteiger partial charge in [0.15, 0.2) is 5.65 Å². The molecule has 0 saturated heterocycles. The zero-order valence-corrected chi connectivity index (χ0v) is 12.0. The number of para-hydroxylation sites is 1. The number of aryl methyl sites for hydroxylation is 1. The summed E-state index contributed by atoms with van der Waals surface area (Å²) in [6.07, 6.45) is 1.61. The van der Waals surface area contributed by atoms with Crippen LogP contribution in [0.5, 0.6) is 0 Å². The van der Waals surface area contributed by atoms with Gasteiger partial charge in [-0.05, 0) is 18.4 Å². The zero-order chi connectivity index (χ0) is 14.7. The summed E-state index contributed by atoms with van der Waals surface area (Å²) in [5.41, 5.74) is 4.69. The molecule has 4 nitrogen and oxygen atoms in total. The van der Waals surface area contributed by atoms with Crippen LogP contribution in [-0.4, -0.2) is 19.4 Å². The summed E-state index contributed by atoms with van der Waals surface area (Å²) in [4.78, 5) is 13.6. The molecule has 0 atom stereocenters. The van der Waals surface area contributed by atoms with Crippen molar-refractivity contribution in [1.82, 2.24) is 19.4 Å². The second-order valence-corrected chi connectivity index (χ2v) is 5.46. The van der Waals surface area contributed by atoms with Crippen molar-refractivity contribution in [3.05, 3.63) is 60.6 Å². The maximum atomic E-state index is 4.83. The average Bonchev–Trinajstić information content (AvgIpc) is 2.97. The molecule has 0 aliphatic rings. The number of aromatic nitrogens is 4. The quantitative estimate of drug-likeness (QED) is 0.405. The summed E-state index contributed by atoms with van der Waals surface area (Å²) in [7, 11) is 0. The molecule has 0 saturated carbocycles. The highest BCUT2D eigenvalue weighted by Crippen LogP contribution is 2.31. The van der Waals surface area contributed by atoms with Crippen molar-refractivity contribution in [1.29, 1.82) is 0 Å². The van der Waals surface area contributed by atoms with E-state index in [4.69, 9.17) is 4.98 Å². The molecule has 4 heteroatoms. The van der Waals surface area contributed by atoms with Gasteiger partial charge in [-0.15, -0.1) is 0 Å². The largest absolute Gasteiger partial charge is 0.276 e. The second kappa shape index (κ2) is 4.01. The number of hydrogen-bond acceptors (Lipinski definition) is 3. The van der Waals surface area contributed by atoms with E-state index in [1.165, 1.54) is 10.8 Å². The van der Waals surface area contributed by atoms with Gasteiger partial charge in [-0.25, -0.2) is 15.0 Å². The summed E-state index contributed by atoms with van der Waals surface area (Å²) >= 11 is 0. The number of hydrogen-bond donors (Lipinski definition) is 0. The molecule has 3 aromatic heterocycles. The summed E-state index contributed by atoms with van der Waals surface area (Å²) in [5.74, 6) is 0. The van der Waals surface area contributed by atoms with Gasteiger partial charge < -0.3 is 0 Å². The van der Waals surface area contributed by atoms with Crippen LogP contribution in [0.4, 0.5) is 0 Å². The van der Waals surface area contributed by atoms with Crippen molar-refractivity contribution < 1.29 is 0 Å². The summed E-state index contributed by atoms with van der Waals surface area (Å²) in [6, 6.07) is 16.8. The minimum absolute atomic E-state index is 0.865. The maximum absolute atomic E-state index is 4.83. The molecule has 104 valence electrons. The van der Waals surface area contributed by atoms with Crippen molar-refractivity contribution in [2.75, 3.05) is 0 Å². The fraction of sp³-hybridized carbons (Fsp3) is 0.0556.